The third-order valence-corrected chi connectivity index (χ3v) is 4.68. The first-order chi connectivity index (χ1) is 14.3. The lowest BCUT2D eigenvalue weighted by Gasteiger charge is -2.47. The smallest absolute Gasteiger partial charge is 0.379 e. The van der Waals surface area contributed by atoms with Gasteiger partial charge >= 0.3 is 11.9 Å². The second-order valence-electron chi connectivity index (χ2n) is 7.01. The fourth-order valence-electron chi connectivity index (χ4n) is 2.80. The van der Waals surface area contributed by atoms with Crippen LogP contribution < -0.4 is 16.4 Å². The lowest BCUT2D eigenvalue weighted by molar-refractivity contribution is -0.401. The molecule has 1 fully saturated rings. The lowest BCUT2D eigenvalue weighted by atomic mass is 9.88. The van der Waals surface area contributed by atoms with Gasteiger partial charge in [0.2, 0.25) is 5.91 Å². The van der Waals surface area contributed by atoms with Crippen LogP contribution in [0.2, 0.25) is 0 Å². The fraction of sp³-hybridized carbons (Fsp3) is 0.812. The van der Waals surface area contributed by atoms with E-state index < -0.39 is 73.1 Å². The second-order valence-corrected chi connectivity index (χ2v) is 7.01. The van der Waals surface area contributed by atoms with Gasteiger partial charge in [-0.3, -0.25) is 14.4 Å². The minimum absolute atomic E-state index is 0.0612. The summed E-state index contributed by atoms with van der Waals surface area (Å²) in [7, 11) is 0. The van der Waals surface area contributed by atoms with E-state index in [9.17, 15) is 43.6 Å². The first kappa shape index (κ1) is 27.0. The van der Waals surface area contributed by atoms with Crippen molar-refractivity contribution in [1.29, 1.82) is 0 Å². The number of carbonyl (C=O) groups excluding carboxylic acids is 2. The maximum Gasteiger partial charge on any atom is 0.379 e. The number of halogens is 2. The van der Waals surface area contributed by atoms with Crippen molar-refractivity contribution >= 4 is 17.8 Å². The van der Waals surface area contributed by atoms with E-state index in [-0.39, 0.29) is 25.8 Å². The highest BCUT2D eigenvalue weighted by molar-refractivity contribution is 5.85. The summed E-state index contributed by atoms with van der Waals surface area (Å²) < 4.78 is 33.5. The van der Waals surface area contributed by atoms with Crippen LogP contribution in [0.15, 0.2) is 0 Å². The van der Waals surface area contributed by atoms with Crippen LogP contribution in [0.5, 0.6) is 0 Å². The number of ether oxygens (including phenoxy) is 1. The van der Waals surface area contributed by atoms with E-state index in [0.29, 0.717) is 0 Å². The third kappa shape index (κ3) is 6.25. The average Bonchev–Trinajstić information content (AvgIpc) is 2.72. The topological polar surface area (TPSA) is 232 Å². The second kappa shape index (κ2) is 11.0. The van der Waals surface area contributed by atoms with E-state index in [1.165, 1.54) is 0 Å². The highest BCUT2D eigenvalue weighted by Crippen LogP contribution is 2.39. The predicted octanol–water partition coefficient (Wildman–Crippen LogP) is -4.40. The third-order valence-electron chi connectivity index (χ3n) is 4.68. The van der Waals surface area contributed by atoms with E-state index in [2.05, 4.69) is 10.1 Å². The van der Waals surface area contributed by atoms with Crippen molar-refractivity contribution < 1.29 is 58.5 Å². The number of nitrogens with one attached hydrogen (secondary N) is 2. The largest absolute Gasteiger partial charge is 0.480 e. The molecule has 0 spiro atoms. The molecule has 1 rings (SSSR count). The lowest BCUT2D eigenvalue weighted by Crippen LogP contribution is -2.73. The number of hydrogen-bond donors (Lipinski definition) is 9. The van der Waals surface area contributed by atoms with Gasteiger partial charge in [-0.15, -0.1) is 0 Å². The first-order valence-corrected chi connectivity index (χ1v) is 9.26. The monoisotopic (exact) mass is 459 g/mol. The Hall–Kier alpha value is -2.01. The zero-order valence-electron chi connectivity index (χ0n) is 16.3. The number of aliphatic hydroxyl groups excluding tert-OH is 4. The molecule has 10 N–H and O–H groups in total. The highest BCUT2D eigenvalue weighted by Gasteiger charge is 2.69. The zero-order valence-corrected chi connectivity index (χ0v) is 16.3. The van der Waals surface area contributed by atoms with Crippen molar-refractivity contribution in [3.63, 3.8) is 0 Å². The van der Waals surface area contributed by atoms with Gasteiger partial charge in [0, 0.05) is 6.54 Å². The van der Waals surface area contributed by atoms with Crippen molar-refractivity contribution in [2.45, 2.75) is 61.4 Å². The molecule has 0 saturated carbocycles. The maximum atomic E-state index is 14.5. The van der Waals surface area contributed by atoms with Crippen molar-refractivity contribution in [3.8, 4) is 0 Å². The molecule has 180 valence electrons. The van der Waals surface area contributed by atoms with Crippen molar-refractivity contribution in [1.82, 2.24) is 10.6 Å². The molecule has 6 atom stereocenters. The quantitative estimate of drug-likeness (QED) is 0.134. The van der Waals surface area contributed by atoms with Gasteiger partial charge in [0.1, 0.15) is 31.0 Å². The highest BCUT2D eigenvalue weighted by atomic mass is 19.3. The number of aliphatic hydroxyl groups is 5. The van der Waals surface area contributed by atoms with Gasteiger partial charge in [0.25, 0.3) is 11.7 Å². The molecule has 1 aliphatic rings. The number of aliphatic carboxylic acids is 1. The van der Waals surface area contributed by atoms with Crippen LogP contribution in [0.3, 0.4) is 0 Å². The molecule has 1 aliphatic heterocycles. The van der Waals surface area contributed by atoms with Crippen LogP contribution in [0.1, 0.15) is 19.3 Å². The summed E-state index contributed by atoms with van der Waals surface area (Å²) in [5.74, 6) is -12.7. The Morgan fingerprint density at radius 1 is 1.13 bits per heavy atom. The van der Waals surface area contributed by atoms with Gasteiger partial charge in [-0.25, -0.2) is 0 Å². The molecule has 0 aliphatic carbocycles. The summed E-state index contributed by atoms with van der Waals surface area (Å²) in [5, 5.41) is 60.4. The molecule has 0 aromatic heterocycles. The maximum absolute atomic E-state index is 14.5. The van der Waals surface area contributed by atoms with Gasteiger partial charge in [-0.1, -0.05) is 0 Å². The Balaban J connectivity index is 2.57. The van der Waals surface area contributed by atoms with Crippen LogP contribution >= 0.6 is 0 Å². The number of carboxylic acids is 1. The van der Waals surface area contributed by atoms with Crippen molar-refractivity contribution in [2.24, 2.45) is 5.73 Å². The average molecular weight is 459 g/mol. The van der Waals surface area contributed by atoms with Gasteiger partial charge in [0.15, 0.2) is 0 Å². The Morgan fingerprint density at radius 3 is 2.29 bits per heavy atom. The van der Waals surface area contributed by atoms with Crippen molar-refractivity contribution in [2.75, 3.05) is 19.7 Å². The summed E-state index contributed by atoms with van der Waals surface area (Å²) in [6, 6.07) is -1.05. The van der Waals surface area contributed by atoms with Crippen molar-refractivity contribution in [3.05, 3.63) is 0 Å². The van der Waals surface area contributed by atoms with Gasteiger partial charge in [-0.2, -0.15) is 8.78 Å². The molecular weight excluding hydrogens is 432 g/mol. The minimum atomic E-state index is -4.78. The predicted molar refractivity (Wildman–Crippen MR) is 95.4 cm³/mol. The molecule has 0 unspecified atom stereocenters. The molecule has 1 saturated heterocycles. The van der Waals surface area contributed by atoms with Crippen LogP contribution in [0, 0.1) is 0 Å². The van der Waals surface area contributed by atoms with Gasteiger partial charge < -0.3 is 51.7 Å². The number of hydrogen-bond acceptors (Lipinski definition) is 10. The molecule has 31 heavy (non-hydrogen) atoms. The number of rotatable bonds is 11. The number of carbonyl (C=O) groups is 3. The normalized spacial score (nSPS) is 29.8. The minimum Gasteiger partial charge on any atom is -0.480 e. The summed E-state index contributed by atoms with van der Waals surface area (Å²) in [5.41, 5.74) is 5.54. The van der Waals surface area contributed by atoms with Crippen LogP contribution in [0.4, 0.5) is 8.78 Å². The molecule has 1 heterocycles. The molecular formula is C16H27F2N3O10. The molecule has 0 aromatic rings. The van der Waals surface area contributed by atoms with E-state index in [1.54, 1.807) is 5.32 Å². The fourth-order valence-corrected chi connectivity index (χ4v) is 2.80. The summed E-state index contributed by atoms with van der Waals surface area (Å²) in [6.45, 7) is -2.05. The summed E-state index contributed by atoms with van der Waals surface area (Å²) in [4.78, 5) is 33.8. The molecule has 0 aromatic carbocycles. The van der Waals surface area contributed by atoms with Crippen LogP contribution in [-0.2, 0) is 19.1 Å². The van der Waals surface area contributed by atoms with E-state index in [0.717, 1.165) is 0 Å². The Morgan fingerprint density at radius 2 is 1.74 bits per heavy atom. The Labute approximate surface area is 174 Å². The Bertz CT molecular complexity index is 653. The van der Waals surface area contributed by atoms with E-state index in [1.807, 2.05) is 0 Å². The molecule has 15 heteroatoms. The number of amides is 2. The number of alkyl halides is 2. The van der Waals surface area contributed by atoms with Gasteiger partial charge in [-0.05, 0) is 19.3 Å². The van der Waals surface area contributed by atoms with E-state index in [4.69, 9.17) is 15.9 Å². The molecule has 2 amide bonds. The van der Waals surface area contributed by atoms with Crippen LogP contribution in [0.25, 0.3) is 0 Å². The first-order valence-electron chi connectivity index (χ1n) is 9.26. The van der Waals surface area contributed by atoms with Gasteiger partial charge in [0.05, 0.1) is 12.6 Å². The number of unbranched alkanes of at least 4 members (excludes halogenated alkanes) is 1. The SMILES string of the molecule is N[C@@H](CCCCNC(=O)C(F)(F)[C@]1(O)O[C@H](CO)[C@H](O)[C@H](O)[C@H]1O)C(=O)NCC(=O)O. The number of nitrogens with two attached hydrogens (primary N) is 1. The molecule has 13 nitrogen and oxygen atoms in total. The zero-order chi connectivity index (χ0) is 24.0. The molecule has 0 bridgehead atoms. The summed E-state index contributed by atoms with van der Waals surface area (Å²) in [6.07, 6.45) is -8.66. The molecule has 0 radical (unpaired) electrons. The standard InChI is InChI=1S/C16H27F2N3O10/c17-15(18,16(30)12(27)11(26)10(25)8(6-22)31-16)14(29)20-4-2-1-3-7(19)13(28)21-5-9(23)24/h7-8,10-12,22,25-27,30H,1-6,19H2,(H,20,29)(H,21,28)(H,23,24)/t7-,8+,10-,11-,12+,16+/m0/s1. The number of carboxylic acid groups (broad SMARTS) is 1. The Kier molecular flexibility index (Phi) is 9.62. The van der Waals surface area contributed by atoms with Crippen LogP contribution in [-0.4, -0.2) is 110 Å². The van der Waals surface area contributed by atoms with E-state index >= 15 is 0 Å². The summed E-state index contributed by atoms with van der Waals surface area (Å²) >= 11 is 0.